The van der Waals surface area contributed by atoms with Gasteiger partial charge in [-0.05, 0) is 32.2 Å². The molecule has 0 aromatic rings. The maximum absolute atomic E-state index is 12.0. The van der Waals surface area contributed by atoms with Gasteiger partial charge in [0.15, 0.2) is 0 Å². The van der Waals surface area contributed by atoms with Gasteiger partial charge in [-0.25, -0.2) is 0 Å². The van der Waals surface area contributed by atoms with E-state index >= 15 is 0 Å². The number of rotatable bonds is 8. The fraction of sp³-hybridized carbons (Fsp3) is 0.917. The molecule has 4 nitrogen and oxygen atoms in total. The average molecular weight is 261 g/mol. The van der Waals surface area contributed by atoms with Crippen LogP contribution in [0.25, 0.3) is 0 Å². The minimum absolute atomic E-state index is 0.161. The molecule has 1 saturated carbocycles. The topological polar surface area (TPSA) is 58.6 Å². The summed E-state index contributed by atoms with van der Waals surface area (Å²) < 4.78 is 4.94. The molecule has 0 amide bonds. The molecule has 17 heavy (non-hydrogen) atoms. The van der Waals surface area contributed by atoms with Gasteiger partial charge in [0.2, 0.25) is 0 Å². The molecule has 0 heterocycles. The van der Waals surface area contributed by atoms with Gasteiger partial charge in [-0.2, -0.15) is 11.8 Å². The van der Waals surface area contributed by atoms with E-state index in [1.165, 1.54) is 7.11 Å². The second-order valence-electron chi connectivity index (χ2n) is 4.62. The Kier molecular flexibility index (Phi) is 5.76. The third kappa shape index (κ3) is 3.60. The molecule has 0 aliphatic heterocycles. The Morgan fingerprint density at radius 2 is 2.29 bits per heavy atom. The van der Waals surface area contributed by atoms with Crippen molar-refractivity contribution in [3.8, 4) is 0 Å². The van der Waals surface area contributed by atoms with Gasteiger partial charge in [0, 0.05) is 17.6 Å². The first kappa shape index (κ1) is 14.8. The molecular formula is C12H23NO3S. The largest absolute Gasteiger partial charge is 0.468 e. The van der Waals surface area contributed by atoms with E-state index in [0.717, 1.165) is 19.3 Å². The molecule has 0 aromatic heterocycles. The zero-order valence-electron chi connectivity index (χ0n) is 10.9. The summed E-state index contributed by atoms with van der Waals surface area (Å²) in [4.78, 5) is 12.0. The number of thioether (sulfide) groups is 1. The zero-order valence-corrected chi connectivity index (χ0v) is 11.7. The Morgan fingerprint density at radius 3 is 2.71 bits per heavy atom. The van der Waals surface area contributed by atoms with Crippen molar-refractivity contribution >= 4 is 17.7 Å². The van der Waals surface area contributed by atoms with Gasteiger partial charge in [0.1, 0.15) is 5.54 Å². The van der Waals surface area contributed by atoms with Crippen LogP contribution in [0.1, 0.15) is 26.2 Å². The maximum Gasteiger partial charge on any atom is 0.327 e. The Balaban J connectivity index is 2.60. The molecule has 0 aromatic carbocycles. The van der Waals surface area contributed by atoms with E-state index in [1.54, 1.807) is 11.8 Å². The number of hydrogen-bond acceptors (Lipinski definition) is 5. The fourth-order valence-corrected chi connectivity index (χ4v) is 3.34. The summed E-state index contributed by atoms with van der Waals surface area (Å²) in [5.74, 6) is 0.946. The summed E-state index contributed by atoms with van der Waals surface area (Å²) >= 11 is 1.72. The standard InChI is InChI=1S/C12H23NO3S/c1-9(6-7-14)17-8-12(13-2,10-4-5-10)11(15)16-3/h9-10,13-14H,4-8H2,1-3H3. The highest BCUT2D eigenvalue weighted by atomic mass is 32.2. The molecule has 0 spiro atoms. The Labute approximate surface area is 107 Å². The molecule has 1 aliphatic carbocycles. The van der Waals surface area contributed by atoms with Crippen LogP contribution >= 0.6 is 11.8 Å². The smallest absolute Gasteiger partial charge is 0.327 e. The van der Waals surface area contributed by atoms with Gasteiger partial charge in [-0.15, -0.1) is 0 Å². The second kappa shape index (κ2) is 6.61. The molecular weight excluding hydrogens is 238 g/mol. The highest BCUT2D eigenvalue weighted by molar-refractivity contribution is 8.00. The van der Waals surface area contributed by atoms with Crippen LogP contribution in [0.3, 0.4) is 0 Å². The van der Waals surface area contributed by atoms with Crippen molar-refractivity contribution in [2.75, 3.05) is 26.5 Å². The lowest BCUT2D eigenvalue weighted by Gasteiger charge is -2.31. The molecule has 0 saturated heterocycles. The van der Waals surface area contributed by atoms with E-state index in [1.807, 2.05) is 7.05 Å². The lowest BCUT2D eigenvalue weighted by Crippen LogP contribution is -2.55. The first-order chi connectivity index (χ1) is 8.10. The summed E-state index contributed by atoms with van der Waals surface area (Å²) in [5.41, 5.74) is -0.539. The van der Waals surface area contributed by atoms with Crippen LogP contribution in [-0.2, 0) is 9.53 Å². The van der Waals surface area contributed by atoms with E-state index in [9.17, 15) is 4.79 Å². The average Bonchev–Trinajstić information content (AvgIpc) is 3.15. The van der Waals surface area contributed by atoms with Gasteiger partial charge in [-0.1, -0.05) is 6.92 Å². The quantitative estimate of drug-likeness (QED) is 0.639. The molecule has 1 aliphatic rings. The van der Waals surface area contributed by atoms with Gasteiger partial charge < -0.3 is 15.2 Å². The highest BCUT2D eigenvalue weighted by Gasteiger charge is 2.50. The van der Waals surface area contributed by atoms with Crippen molar-refractivity contribution in [2.45, 2.75) is 37.0 Å². The predicted molar refractivity (Wildman–Crippen MR) is 70.2 cm³/mol. The van der Waals surface area contributed by atoms with E-state index in [4.69, 9.17) is 9.84 Å². The normalized spacial score (nSPS) is 20.7. The first-order valence-corrected chi connectivity index (χ1v) is 7.15. The molecule has 100 valence electrons. The van der Waals surface area contributed by atoms with Crippen molar-refractivity contribution in [3.63, 3.8) is 0 Å². The van der Waals surface area contributed by atoms with Gasteiger partial charge in [0.25, 0.3) is 0 Å². The summed E-state index contributed by atoms with van der Waals surface area (Å²) in [6, 6.07) is 0. The molecule has 5 heteroatoms. The van der Waals surface area contributed by atoms with Crippen molar-refractivity contribution in [1.82, 2.24) is 5.32 Å². The molecule has 1 fully saturated rings. The highest BCUT2D eigenvalue weighted by Crippen LogP contribution is 2.42. The second-order valence-corrected chi connectivity index (χ2v) is 6.05. The SMILES string of the molecule is CNC(CSC(C)CCO)(C(=O)OC)C1CC1. The third-order valence-corrected chi connectivity index (χ3v) is 4.83. The number of carbonyl (C=O) groups is 1. The van der Waals surface area contributed by atoms with E-state index in [0.29, 0.717) is 16.9 Å². The predicted octanol–water partition coefficient (Wildman–Crippen LogP) is 1.03. The van der Waals surface area contributed by atoms with Crippen molar-refractivity contribution < 1.29 is 14.6 Å². The monoisotopic (exact) mass is 261 g/mol. The number of likely N-dealkylation sites (N-methyl/N-ethyl adjacent to an activating group) is 1. The Morgan fingerprint density at radius 1 is 1.65 bits per heavy atom. The van der Waals surface area contributed by atoms with E-state index in [-0.39, 0.29) is 12.6 Å². The number of aliphatic hydroxyl groups is 1. The van der Waals surface area contributed by atoms with Crippen LogP contribution in [0, 0.1) is 5.92 Å². The molecule has 1 rings (SSSR count). The van der Waals surface area contributed by atoms with E-state index in [2.05, 4.69) is 12.2 Å². The van der Waals surface area contributed by atoms with Crippen molar-refractivity contribution in [1.29, 1.82) is 0 Å². The van der Waals surface area contributed by atoms with Crippen LogP contribution in [0.15, 0.2) is 0 Å². The van der Waals surface area contributed by atoms with Crippen LogP contribution in [-0.4, -0.2) is 48.4 Å². The van der Waals surface area contributed by atoms with Crippen LogP contribution < -0.4 is 5.32 Å². The van der Waals surface area contributed by atoms with Crippen LogP contribution in [0.4, 0.5) is 0 Å². The minimum Gasteiger partial charge on any atom is -0.468 e. The molecule has 2 unspecified atom stereocenters. The minimum atomic E-state index is -0.539. The van der Waals surface area contributed by atoms with Gasteiger partial charge >= 0.3 is 5.97 Å². The number of hydrogen-bond donors (Lipinski definition) is 2. The summed E-state index contributed by atoms with van der Waals surface area (Å²) in [6.07, 6.45) is 2.94. The Bertz CT molecular complexity index is 258. The third-order valence-electron chi connectivity index (χ3n) is 3.40. The summed E-state index contributed by atoms with van der Waals surface area (Å²) in [7, 11) is 3.27. The number of aliphatic hydroxyl groups excluding tert-OH is 1. The lowest BCUT2D eigenvalue weighted by atomic mass is 9.96. The molecule has 2 N–H and O–H groups in total. The zero-order chi connectivity index (χ0) is 12.9. The maximum atomic E-state index is 12.0. The molecule has 0 radical (unpaired) electrons. The number of methoxy groups -OCH3 is 1. The molecule has 2 atom stereocenters. The van der Waals surface area contributed by atoms with Gasteiger partial charge in [-0.3, -0.25) is 4.79 Å². The molecule has 0 bridgehead atoms. The van der Waals surface area contributed by atoms with Crippen molar-refractivity contribution in [3.05, 3.63) is 0 Å². The van der Waals surface area contributed by atoms with E-state index < -0.39 is 5.54 Å². The van der Waals surface area contributed by atoms with Gasteiger partial charge in [0.05, 0.1) is 7.11 Å². The number of carbonyl (C=O) groups excluding carboxylic acids is 1. The van der Waals surface area contributed by atoms with Crippen molar-refractivity contribution in [2.24, 2.45) is 5.92 Å². The summed E-state index contributed by atoms with van der Waals surface area (Å²) in [5, 5.41) is 12.4. The first-order valence-electron chi connectivity index (χ1n) is 6.10. The number of nitrogens with one attached hydrogen (secondary N) is 1. The number of ether oxygens (including phenoxy) is 1. The Hall–Kier alpha value is -0.260. The number of esters is 1. The van der Waals surface area contributed by atoms with Crippen LogP contribution in [0.5, 0.6) is 0 Å². The lowest BCUT2D eigenvalue weighted by molar-refractivity contribution is -0.148. The summed E-state index contributed by atoms with van der Waals surface area (Å²) in [6.45, 7) is 2.27. The van der Waals surface area contributed by atoms with Crippen LogP contribution in [0.2, 0.25) is 0 Å². The fourth-order valence-electron chi connectivity index (χ4n) is 2.02.